The van der Waals surface area contributed by atoms with Crippen molar-refractivity contribution >= 4 is 9.84 Å². The fourth-order valence-corrected chi connectivity index (χ4v) is 1.23. The van der Waals surface area contributed by atoms with E-state index in [1.165, 1.54) is 32.4 Å². The summed E-state index contributed by atoms with van der Waals surface area (Å²) in [6, 6.07) is 0. The SMILES string of the molecule is C1CCNCC1.CS(=O)(=O)C=CN. The molecule has 0 aromatic heterocycles. The Kier molecular flexibility index (Phi) is 6.62. The van der Waals surface area contributed by atoms with E-state index in [0.717, 1.165) is 17.9 Å². The van der Waals surface area contributed by atoms with Crippen molar-refractivity contribution in [3.05, 3.63) is 11.6 Å². The van der Waals surface area contributed by atoms with E-state index in [-0.39, 0.29) is 0 Å². The molecule has 0 atom stereocenters. The average Bonchev–Trinajstić information content (AvgIpc) is 2.06. The first-order chi connectivity index (χ1) is 6.06. The lowest BCUT2D eigenvalue weighted by atomic mass is 10.2. The third-order valence-electron chi connectivity index (χ3n) is 1.53. The predicted octanol–water partition coefficient (Wildman–Crippen LogP) is 0.221. The van der Waals surface area contributed by atoms with E-state index in [1.54, 1.807) is 0 Å². The van der Waals surface area contributed by atoms with Crippen LogP contribution in [-0.2, 0) is 9.84 Å². The summed E-state index contributed by atoms with van der Waals surface area (Å²) in [7, 11) is -2.98. The van der Waals surface area contributed by atoms with Crippen LogP contribution >= 0.6 is 0 Å². The van der Waals surface area contributed by atoms with E-state index >= 15 is 0 Å². The normalized spacial score (nSPS) is 17.9. The van der Waals surface area contributed by atoms with Crippen LogP contribution in [-0.4, -0.2) is 27.8 Å². The van der Waals surface area contributed by atoms with Crippen LogP contribution in [0.3, 0.4) is 0 Å². The maximum Gasteiger partial charge on any atom is 0.170 e. The zero-order valence-corrected chi connectivity index (χ0v) is 8.81. The molecule has 0 spiro atoms. The number of nitrogens with one attached hydrogen (secondary N) is 1. The third-order valence-corrected chi connectivity index (χ3v) is 2.18. The maximum atomic E-state index is 10.1. The van der Waals surface area contributed by atoms with Crippen molar-refractivity contribution < 1.29 is 8.42 Å². The molecular formula is C8H18N2O2S. The summed E-state index contributed by atoms with van der Waals surface area (Å²) in [6.45, 7) is 2.50. The van der Waals surface area contributed by atoms with E-state index in [9.17, 15) is 8.42 Å². The standard InChI is InChI=1S/C5H11N.C3H7NO2S/c1-2-4-6-5-3-1;1-7(5,6)3-2-4/h6H,1-5H2;2-3H,4H2,1H3. The fourth-order valence-electron chi connectivity index (χ4n) is 0.944. The Morgan fingerprint density at radius 1 is 1.23 bits per heavy atom. The number of sulfone groups is 1. The first-order valence-corrected chi connectivity index (χ1v) is 6.31. The molecule has 1 fully saturated rings. The zero-order valence-electron chi connectivity index (χ0n) is 7.99. The molecule has 0 bridgehead atoms. The number of hydrogen-bond acceptors (Lipinski definition) is 4. The molecule has 1 aliphatic rings. The number of nitrogens with two attached hydrogens (primary N) is 1. The first-order valence-electron chi connectivity index (χ1n) is 4.35. The quantitative estimate of drug-likeness (QED) is 0.644. The van der Waals surface area contributed by atoms with Crippen molar-refractivity contribution in [3.8, 4) is 0 Å². The number of piperidine rings is 1. The molecule has 0 aromatic rings. The van der Waals surface area contributed by atoms with Crippen molar-refractivity contribution in [3.63, 3.8) is 0 Å². The molecule has 1 heterocycles. The van der Waals surface area contributed by atoms with Crippen LogP contribution in [0.1, 0.15) is 19.3 Å². The second-order valence-electron chi connectivity index (χ2n) is 2.97. The van der Waals surface area contributed by atoms with Crippen molar-refractivity contribution in [2.75, 3.05) is 19.3 Å². The van der Waals surface area contributed by atoms with E-state index in [1.807, 2.05) is 0 Å². The molecule has 0 aliphatic carbocycles. The molecule has 0 unspecified atom stereocenters. The van der Waals surface area contributed by atoms with Crippen LogP contribution in [0.15, 0.2) is 11.6 Å². The summed E-state index contributed by atoms with van der Waals surface area (Å²) in [5.74, 6) is 0. The van der Waals surface area contributed by atoms with E-state index in [4.69, 9.17) is 5.73 Å². The highest BCUT2D eigenvalue weighted by Crippen LogP contribution is 1.96. The van der Waals surface area contributed by atoms with E-state index < -0.39 is 9.84 Å². The Balaban J connectivity index is 0.000000223. The Hall–Kier alpha value is -0.550. The molecule has 1 aliphatic heterocycles. The van der Waals surface area contributed by atoms with Crippen LogP contribution < -0.4 is 11.1 Å². The van der Waals surface area contributed by atoms with Gasteiger partial charge in [0.05, 0.1) is 0 Å². The molecular weight excluding hydrogens is 188 g/mol. The Morgan fingerprint density at radius 3 is 1.85 bits per heavy atom. The van der Waals surface area contributed by atoms with Crippen molar-refractivity contribution in [2.24, 2.45) is 5.73 Å². The van der Waals surface area contributed by atoms with Gasteiger partial charge in [0.15, 0.2) is 9.84 Å². The van der Waals surface area contributed by atoms with Gasteiger partial charge in [-0.1, -0.05) is 6.42 Å². The summed E-state index contributed by atoms with van der Waals surface area (Å²) in [4.78, 5) is 0. The van der Waals surface area contributed by atoms with Gasteiger partial charge in [-0.2, -0.15) is 0 Å². The number of hydrogen-bond donors (Lipinski definition) is 2. The summed E-state index contributed by atoms with van der Waals surface area (Å²) >= 11 is 0. The van der Waals surface area contributed by atoms with Crippen LogP contribution in [0.4, 0.5) is 0 Å². The second-order valence-corrected chi connectivity index (χ2v) is 4.90. The molecule has 0 radical (unpaired) electrons. The Bertz CT molecular complexity index is 219. The lowest BCUT2D eigenvalue weighted by molar-refractivity contribution is 0.520. The van der Waals surface area contributed by atoms with Crippen molar-refractivity contribution in [2.45, 2.75) is 19.3 Å². The highest BCUT2D eigenvalue weighted by molar-refractivity contribution is 7.93. The van der Waals surface area contributed by atoms with Gasteiger partial charge < -0.3 is 11.1 Å². The van der Waals surface area contributed by atoms with Gasteiger partial charge in [-0.25, -0.2) is 8.42 Å². The van der Waals surface area contributed by atoms with Gasteiger partial charge in [0, 0.05) is 17.9 Å². The van der Waals surface area contributed by atoms with Crippen LogP contribution in [0.25, 0.3) is 0 Å². The lowest BCUT2D eigenvalue weighted by Crippen LogP contribution is -2.21. The molecule has 5 heteroatoms. The van der Waals surface area contributed by atoms with Gasteiger partial charge in [0.1, 0.15) is 0 Å². The van der Waals surface area contributed by atoms with Gasteiger partial charge in [-0.05, 0) is 25.9 Å². The van der Waals surface area contributed by atoms with Crippen molar-refractivity contribution in [1.29, 1.82) is 0 Å². The predicted molar refractivity (Wildman–Crippen MR) is 54.9 cm³/mol. The summed E-state index contributed by atoms with van der Waals surface area (Å²) < 4.78 is 20.1. The third kappa shape index (κ3) is 11.5. The van der Waals surface area contributed by atoms with Crippen LogP contribution in [0.5, 0.6) is 0 Å². The minimum Gasteiger partial charge on any atom is -0.404 e. The topological polar surface area (TPSA) is 72.2 Å². The minimum absolute atomic E-state index is 0.938. The smallest absolute Gasteiger partial charge is 0.170 e. The summed E-state index contributed by atoms with van der Waals surface area (Å²) in [5.41, 5.74) is 4.75. The highest BCUT2D eigenvalue weighted by Gasteiger charge is 1.93. The second kappa shape index (κ2) is 6.91. The molecule has 78 valence electrons. The summed E-state index contributed by atoms with van der Waals surface area (Å²) in [6.07, 6.45) is 6.29. The van der Waals surface area contributed by atoms with Crippen molar-refractivity contribution in [1.82, 2.24) is 5.32 Å². The van der Waals surface area contributed by atoms with Gasteiger partial charge in [-0.15, -0.1) is 0 Å². The molecule has 1 rings (SSSR count). The molecule has 0 saturated carbocycles. The Morgan fingerprint density at radius 2 is 1.77 bits per heavy atom. The minimum atomic E-state index is -2.98. The molecule has 0 amide bonds. The van der Waals surface area contributed by atoms with Crippen LogP contribution in [0.2, 0.25) is 0 Å². The number of rotatable bonds is 1. The van der Waals surface area contributed by atoms with Gasteiger partial charge in [-0.3, -0.25) is 0 Å². The van der Waals surface area contributed by atoms with Gasteiger partial charge in [0.2, 0.25) is 0 Å². The largest absolute Gasteiger partial charge is 0.404 e. The maximum absolute atomic E-state index is 10.1. The van der Waals surface area contributed by atoms with Gasteiger partial charge in [0.25, 0.3) is 0 Å². The van der Waals surface area contributed by atoms with E-state index in [0.29, 0.717) is 0 Å². The molecule has 0 aromatic carbocycles. The van der Waals surface area contributed by atoms with Gasteiger partial charge >= 0.3 is 0 Å². The van der Waals surface area contributed by atoms with Crippen LogP contribution in [0, 0.1) is 0 Å². The molecule has 1 saturated heterocycles. The first kappa shape index (κ1) is 12.4. The molecule has 4 nitrogen and oxygen atoms in total. The monoisotopic (exact) mass is 206 g/mol. The van der Waals surface area contributed by atoms with E-state index in [2.05, 4.69) is 5.32 Å². The zero-order chi connectivity index (χ0) is 10.2. The fraction of sp³-hybridized carbons (Fsp3) is 0.750. The Labute approximate surface area is 80.1 Å². The summed E-state index contributed by atoms with van der Waals surface area (Å²) in [5, 5.41) is 4.22. The highest BCUT2D eigenvalue weighted by atomic mass is 32.2. The molecule has 13 heavy (non-hydrogen) atoms. The molecule has 3 N–H and O–H groups in total. The lowest BCUT2D eigenvalue weighted by Gasteiger charge is -2.08. The average molecular weight is 206 g/mol.